The van der Waals surface area contributed by atoms with Gasteiger partial charge in [-0.1, -0.05) is 40.2 Å². The quantitative estimate of drug-likeness (QED) is 0.592. The van der Waals surface area contributed by atoms with E-state index in [2.05, 4.69) is 22.0 Å². The number of carboxylic acids is 1. The number of ether oxygens (including phenoxy) is 2. The van der Waals surface area contributed by atoms with Crippen LogP contribution in [0.15, 0.2) is 40.9 Å². The lowest BCUT2D eigenvalue weighted by molar-refractivity contribution is -0.152. The first kappa shape index (κ1) is 21.0. The second kappa shape index (κ2) is 8.11. The molecule has 1 aromatic carbocycles. The van der Waals surface area contributed by atoms with Gasteiger partial charge in [-0.25, -0.2) is 0 Å². The topological polar surface area (TPSA) is 79.5 Å². The summed E-state index contributed by atoms with van der Waals surface area (Å²) >= 11 is 3.46. The number of hydrogen-bond donors (Lipinski definition) is 1. The second-order valence-electron chi connectivity index (χ2n) is 8.68. The number of methoxy groups -OCH3 is 1. The molecule has 5 nitrogen and oxygen atoms in total. The van der Waals surface area contributed by atoms with Crippen molar-refractivity contribution in [2.24, 2.45) is 11.3 Å². The van der Waals surface area contributed by atoms with Crippen LogP contribution in [0, 0.1) is 22.7 Å². The van der Waals surface area contributed by atoms with E-state index in [-0.39, 0.29) is 12.0 Å². The van der Waals surface area contributed by atoms with Crippen LogP contribution in [0.5, 0.6) is 11.5 Å². The summed E-state index contributed by atoms with van der Waals surface area (Å²) < 4.78 is 12.6. The second-order valence-corrected chi connectivity index (χ2v) is 9.70. The van der Waals surface area contributed by atoms with Crippen molar-refractivity contribution in [1.29, 1.82) is 5.26 Å². The van der Waals surface area contributed by atoms with Gasteiger partial charge in [-0.15, -0.1) is 0 Å². The first-order valence-corrected chi connectivity index (χ1v) is 11.3. The number of nitriles is 1. The molecule has 1 aromatic rings. The van der Waals surface area contributed by atoms with Crippen molar-refractivity contribution < 1.29 is 19.4 Å². The van der Waals surface area contributed by atoms with Crippen LogP contribution in [-0.2, 0) is 10.2 Å². The molecule has 2 saturated carbocycles. The van der Waals surface area contributed by atoms with E-state index < -0.39 is 16.8 Å². The zero-order valence-electron chi connectivity index (χ0n) is 17.1. The third kappa shape index (κ3) is 3.54. The number of halogens is 1. The molecule has 0 spiro atoms. The van der Waals surface area contributed by atoms with E-state index in [1.165, 1.54) is 12.8 Å². The number of hydrogen-bond acceptors (Lipinski definition) is 4. The van der Waals surface area contributed by atoms with Crippen molar-refractivity contribution in [3.8, 4) is 17.6 Å². The van der Waals surface area contributed by atoms with Crippen LogP contribution in [0.3, 0.4) is 0 Å². The standard InChI is InChI=1S/C24H26BrNO4/c1-29-20-9-8-16(11-21(20)30-19-6-2-3-7-19)23(15-26)12-17(13-23)24(22(27)28)10-4-5-18(25)14-24/h4-5,8-11,17,19H,2-3,6-7,12-14H2,1H3,(H,27,28). The van der Waals surface area contributed by atoms with Crippen molar-refractivity contribution in [2.75, 3.05) is 7.11 Å². The minimum Gasteiger partial charge on any atom is -0.493 e. The highest BCUT2D eigenvalue weighted by atomic mass is 79.9. The fraction of sp³-hybridized carbons (Fsp3) is 0.500. The molecule has 3 aliphatic rings. The van der Waals surface area contributed by atoms with Gasteiger partial charge in [0, 0.05) is 0 Å². The number of allylic oxidation sites excluding steroid dienone is 3. The summed E-state index contributed by atoms with van der Waals surface area (Å²) in [6.45, 7) is 0. The summed E-state index contributed by atoms with van der Waals surface area (Å²) in [6.07, 6.45) is 11.5. The minimum atomic E-state index is -0.969. The SMILES string of the molecule is COc1ccc(C2(C#N)CC(C3(C(=O)O)C=CC=C(Br)C3)C2)cc1OC1CCCC1. The predicted molar refractivity (Wildman–Crippen MR) is 117 cm³/mol. The Morgan fingerprint density at radius 2 is 2.00 bits per heavy atom. The van der Waals surface area contributed by atoms with Gasteiger partial charge in [0.05, 0.1) is 30.1 Å². The van der Waals surface area contributed by atoms with E-state index in [0.29, 0.717) is 30.8 Å². The first-order valence-electron chi connectivity index (χ1n) is 10.5. The van der Waals surface area contributed by atoms with E-state index in [1.54, 1.807) is 19.3 Å². The Morgan fingerprint density at radius 1 is 1.27 bits per heavy atom. The van der Waals surface area contributed by atoms with Gasteiger partial charge in [-0.05, 0) is 73.0 Å². The first-order chi connectivity index (χ1) is 14.4. The molecular weight excluding hydrogens is 446 g/mol. The zero-order chi connectivity index (χ0) is 21.4. The highest BCUT2D eigenvalue weighted by Crippen LogP contribution is 2.58. The van der Waals surface area contributed by atoms with Gasteiger partial charge >= 0.3 is 5.97 Å². The number of carboxylic acid groups (broad SMARTS) is 1. The molecule has 6 heteroatoms. The maximum atomic E-state index is 12.2. The Kier molecular flexibility index (Phi) is 5.67. The molecule has 0 aromatic heterocycles. The molecule has 0 heterocycles. The zero-order valence-corrected chi connectivity index (χ0v) is 18.7. The van der Waals surface area contributed by atoms with Gasteiger partial charge in [0.2, 0.25) is 0 Å². The molecule has 0 aliphatic heterocycles. The van der Waals surface area contributed by atoms with Crippen LogP contribution < -0.4 is 9.47 Å². The number of rotatable bonds is 6. The van der Waals surface area contributed by atoms with Gasteiger partial charge in [0.15, 0.2) is 11.5 Å². The molecule has 1 atom stereocenters. The lowest BCUT2D eigenvalue weighted by atomic mass is 9.50. The Labute approximate surface area is 185 Å². The van der Waals surface area contributed by atoms with Crippen molar-refractivity contribution in [3.05, 3.63) is 46.5 Å². The van der Waals surface area contributed by atoms with Gasteiger partial charge < -0.3 is 14.6 Å². The molecule has 1 N–H and O–H groups in total. The highest BCUT2D eigenvalue weighted by molar-refractivity contribution is 9.11. The molecular formula is C24H26BrNO4. The van der Waals surface area contributed by atoms with Crippen LogP contribution in [0.1, 0.15) is 50.5 Å². The summed E-state index contributed by atoms with van der Waals surface area (Å²) in [5.41, 5.74) is -0.789. The molecule has 4 rings (SSSR count). The van der Waals surface area contributed by atoms with Gasteiger partial charge in [-0.3, -0.25) is 4.79 Å². The maximum absolute atomic E-state index is 12.2. The van der Waals surface area contributed by atoms with Crippen LogP contribution in [0.4, 0.5) is 0 Å². The Balaban J connectivity index is 1.59. The molecule has 0 bridgehead atoms. The van der Waals surface area contributed by atoms with Gasteiger partial charge in [0.25, 0.3) is 0 Å². The van der Waals surface area contributed by atoms with Crippen LogP contribution in [0.2, 0.25) is 0 Å². The Morgan fingerprint density at radius 3 is 2.60 bits per heavy atom. The number of nitrogens with zero attached hydrogens (tertiary/aromatic N) is 1. The summed E-state index contributed by atoms with van der Waals surface area (Å²) in [6, 6.07) is 8.19. The van der Waals surface area contributed by atoms with E-state index in [0.717, 1.165) is 22.9 Å². The van der Waals surface area contributed by atoms with E-state index in [1.807, 2.05) is 24.3 Å². The van der Waals surface area contributed by atoms with E-state index in [4.69, 9.17) is 9.47 Å². The molecule has 0 saturated heterocycles. The van der Waals surface area contributed by atoms with Crippen LogP contribution >= 0.6 is 15.9 Å². The normalized spacial score (nSPS) is 30.8. The fourth-order valence-corrected chi connectivity index (χ4v) is 5.73. The van der Waals surface area contributed by atoms with Crippen molar-refractivity contribution >= 4 is 21.9 Å². The van der Waals surface area contributed by atoms with Gasteiger partial charge in [-0.2, -0.15) is 5.26 Å². The van der Waals surface area contributed by atoms with Crippen molar-refractivity contribution in [3.63, 3.8) is 0 Å². The molecule has 158 valence electrons. The molecule has 3 aliphatic carbocycles. The van der Waals surface area contributed by atoms with Crippen LogP contribution in [-0.4, -0.2) is 24.3 Å². The number of carbonyl (C=O) groups is 1. The Hall–Kier alpha value is -2.26. The summed E-state index contributed by atoms with van der Waals surface area (Å²) in [5, 5.41) is 20.1. The minimum absolute atomic E-state index is 0.103. The third-order valence-corrected chi connectivity index (χ3v) is 7.52. The smallest absolute Gasteiger partial charge is 0.314 e. The predicted octanol–water partition coefficient (Wildman–Crippen LogP) is 5.50. The number of benzene rings is 1. The van der Waals surface area contributed by atoms with Crippen LogP contribution in [0.25, 0.3) is 0 Å². The molecule has 0 radical (unpaired) electrons. The summed E-state index contributed by atoms with van der Waals surface area (Å²) in [7, 11) is 1.62. The maximum Gasteiger partial charge on any atom is 0.314 e. The fourth-order valence-electron chi connectivity index (χ4n) is 5.11. The molecule has 0 amide bonds. The van der Waals surface area contributed by atoms with Crippen molar-refractivity contribution in [1.82, 2.24) is 0 Å². The summed E-state index contributed by atoms with van der Waals surface area (Å²) in [5.74, 6) is 0.408. The van der Waals surface area contributed by atoms with Gasteiger partial charge in [0.1, 0.15) is 0 Å². The largest absolute Gasteiger partial charge is 0.493 e. The van der Waals surface area contributed by atoms with E-state index >= 15 is 0 Å². The Bertz CT molecular complexity index is 935. The lowest BCUT2D eigenvalue weighted by Crippen LogP contribution is -2.51. The monoisotopic (exact) mass is 471 g/mol. The molecule has 1 unspecified atom stereocenters. The average Bonchev–Trinajstić information content (AvgIpc) is 3.21. The average molecular weight is 472 g/mol. The number of aliphatic carboxylic acids is 1. The molecule has 30 heavy (non-hydrogen) atoms. The van der Waals surface area contributed by atoms with E-state index in [9.17, 15) is 15.2 Å². The lowest BCUT2D eigenvalue weighted by Gasteiger charge is -2.50. The highest BCUT2D eigenvalue weighted by Gasteiger charge is 2.57. The van der Waals surface area contributed by atoms with Crippen molar-refractivity contribution in [2.45, 2.75) is 56.5 Å². The third-order valence-electron chi connectivity index (χ3n) is 6.97. The molecule has 2 fully saturated rings. The summed E-state index contributed by atoms with van der Waals surface area (Å²) in [4.78, 5) is 12.2.